The van der Waals surface area contributed by atoms with Crippen molar-refractivity contribution in [3.8, 4) is 11.4 Å². The molecule has 0 aliphatic heterocycles. The largest absolute Gasteiger partial charge is 0.232 e. The summed E-state index contributed by atoms with van der Waals surface area (Å²) in [5, 5.41) is 0.555. The molecule has 1 aliphatic rings. The Labute approximate surface area is 131 Å². The number of aromatic nitrogens is 2. The summed E-state index contributed by atoms with van der Waals surface area (Å²) in [5.74, 6) is 1.48. The Balaban J connectivity index is 2.05. The number of benzene rings is 1. The Morgan fingerprint density at radius 1 is 1.32 bits per heavy atom. The topological polar surface area (TPSA) is 25.8 Å². The Hall–Kier alpha value is -0.680. The smallest absolute Gasteiger partial charge is 0.161 e. The van der Waals surface area contributed by atoms with Gasteiger partial charge in [-0.15, -0.1) is 0 Å². The van der Waals surface area contributed by atoms with Gasteiger partial charge >= 0.3 is 0 Å². The van der Waals surface area contributed by atoms with E-state index in [1.54, 1.807) is 0 Å². The molecular weight excluding hydrogens is 371 g/mol. The fourth-order valence-corrected chi connectivity index (χ4v) is 2.99. The third-order valence-corrected chi connectivity index (χ3v) is 5.13. The van der Waals surface area contributed by atoms with Crippen LogP contribution in [0.3, 0.4) is 0 Å². The Bertz CT molecular complexity index is 624. The maximum Gasteiger partial charge on any atom is 0.161 e. The first-order chi connectivity index (χ1) is 9.19. The lowest BCUT2D eigenvalue weighted by atomic mass is 10.1. The van der Waals surface area contributed by atoms with Crippen molar-refractivity contribution in [1.29, 1.82) is 0 Å². The predicted octanol–water partition coefficient (Wildman–Crippen LogP) is 4.84. The fourth-order valence-electron chi connectivity index (χ4n) is 2.17. The summed E-state index contributed by atoms with van der Waals surface area (Å²) in [4.78, 5) is 9.06. The van der Waals surface area contributed by atoms with Gasteiger partial charge in [0, 0.05) is 5.56 Å². The van der Waals surface area contributed by atoms with Crippen molar-refractivity contribution in [1.82, 2.24) is 9.97 Å². The van der Waals surface area contributed by atoms with E-state index in [-0.39, 0.29) is 0 Å². The second-order valence-corrected chi connectivity index (χ2v) is 6.29. The SMILES string of the molecule is CCc1nc(-c2cccc(C3CC3)c2)nc(Cl)c1I. The molecule has 0 radical (unpaired) electrons. The second-order valence-electron chi connectivity index (χ2n) is 4.85. The van der Waals surface area contributed by atoms with Crippen molar-refractivity contribution < 1.29 is 0 Å². The van der Waals surface area contributed by atoms with E-state index < -0.39 is 0 Å². The lowest BCUT2D eigenvalue weighted by Crippen LogP contribution is -1.99. The zero-order chi connectivity index (χ0) is 13.4. The average Bonchev–Trinajstić information content (AvgIpc) is 3.26. The fraction of sp³-hybridized carbons (Fsp3) is 0.333. The highest BCUT2D eigenvalue weighted by Crippen LogP contribution is 2.41. The van der Waals surface area contributed by atoms with Gasteiger partial charge in [-0.2, -0.15) is 0 Å². The maximum atomic E-state index is 6.20. The summed E-state index contributed by atoms with van der Waals surface area (Å²) in [6.07, 6.45) is 3.48. The molecule has 1 aromatic heterocycles. The van der Waals surface area contributed by atoms with Crippen molar-refractivity contribution >= 4 is 34.2 Å². The van der Waals surface area contributed by atoms with Gasteiger partial charge in [-0.25, -0.2) is 9.97 Å². The Morgan fingerprint density at radius 3 is 2.79 bits per heavy atom. The van der Waals surface area contributed by atoms with Crippen LogP contribution in [-0.4, -0.2) is 9.97 Å². The lowest BCUT2D eigenvalue weighted by molar-refractivity contribution is 0.988. The van der Waals surface area contributed by atoms with Crippen LogP contribution in [0.25, 0.3) is 11.4 Å². The van der Waals surface area contributed by atoms with E-state index in [0.29, 0.717) is 5.15 Å². The van der Waals surface area contributed by atoms with E-state index in [1.165, 1.54) is 18.4 Å². The molecule has 0 amide bonds. The zero-order valence-corrected chi connectivity index (χ0v) is 13.6. The van der Waals surface area contributed by atoms with Crippen LogP contribution in [0.1, 0.15) is 36.9 Å². The molecule has 0 N–H and O–H groups in total. The van der Waals surface area contributed by atoms with E-state index in [9.17, 15) is 0 Å². The van der Waals surface area contributed by atoms with Gasteiger partial charge in [0.15, 0.2) is 5.82 Å². The number of rotatable bonds is 3. The molecule has 1 aliphatic carbocycles. The molecule has 0 atom stereocenters. The number of aryl methyl sites for hydroxylation is 1. The van der Waals surface area contributed by atoms with Crippen molar-refractivity contribution in [2.24, 2.45) is 0 Å². The molecule has 3 rings (SSSR count). The van der Waals surface area contributed by atoms with Crippen LogP contribution in [0.5, 0.6) is 0 Å². The summed E-state index contributed by atoms with van der Waals surface area (Å²) < 4.78 is 0.962. The van der Waals surface area contributed by atoms with E-state index >= 15 is 0 Å². The molecule has 19 heavy (non-hydrogen) atoms. The van der Waals surface area contributed by atoms with Crippen LogP contribution < -0.4 is 0 Å². The average molecular weight is 385 g/mol. The van der Waals surface area contributed by atoms with E-state index in [4.69, 9.17) is 11.6 Å². The third-order valence-electron chi connectivity index (χ3n) is 3.41. The van der Waals surface area contributed by atoms with Gasteiger partial charge in [-0.3, -0.25) is 0 Å². The molecule has 2 nitrogen and oxygen atoms in total. The summed E-state index contributed by atoms with van der Waals surface area (Å²) in [5.41, 5.74) is 3.48. The van der Waals surface area contributed by atoms with Crippen LogP contribution in [0.4, 0.5) is 0 Å². The van der Waals surface area contributed by atoms with E-state index in [0.717, 1.165) is 33.0 Å². The van der Waals surface area contributed by atoms with Gasteiger partial charge < -0.3 is 0 Å². The standard InChI is InChI=1S/C15H14ClIN2/c1-2-12-13(17)14(16)19-15(18-12)11-5-3-4-10(8-11)9-6-7-9/h3-5,8-9H,2,6-7H2,1H3. The highest BCUT2D eigenvalue weighted by atomic mass is 127. The third kappa shape index (κ3) is 2.77. The van der Waals surface area contributed by atoms with Crippen molar-refractivity contribution in [3.05, 3.63) is 44.2 Å². The number of halogens is 2. The van der Waals surface area contributed by atoms with Crippen molar-refractivity contribution in [2.75, 3.05) is 0 Å². The normalized spacial score (nSPS) is 14.7. The van der Waals surface area contributed by atoms with Crippen LogP contribution in [-0.2, 0) is 6.42 Å². The van der Waals surface area contributed by atoms with Crippen LogP contribution in [0, 0.1) is 3.57 Å². The molecule has 1 heterocycles. The molecular formula is C15H14ClIN2. The molecule has 0 spiro atoms. The number of hydrogen-bond donors (Lipinski definition) is 0. The first-order valence-electron chi connectivity index (χ1n) is 6.51. The van der Waals surface area contributed by atoms with Gasteiger partial charge in [0.1, 0.15) is 5.15 Å². The monoisotopic (exact) mass is 384 g/mol. The summed E-state index contributed by atoms with van der Waals surface area (Å²) in [6.45, 7) is 2.09. The van der Waals surface area contributed by atoms with Gasteiger partial charge in [0.05, 0.1) is 9.26 Å². The van der Waals surface area contributed by atoms with Gasteiger partial charge in [0.25, 0.3) is 0 Å². The van der Waals surface area contributed by atoms with Crippen molar-refractivity contribution in [2.45, 2.75) is 32.1 Å². The molecule has 1 fully saturated rings. The number of hydrogen-bond acceptors (Lipinski definition) is 2. The summed E-state index contributed by atoms with van der Waals surface area (Å²) >= 11 is 8.42. The van der Waals surface area contributed by atoms with E-state index in [1.807, 2.05) is 0 Å². The zero-order valence-electron chi connectivity index (χ0n) is 10.7. The molecule has 1 saturated carbocycles. The highest BCUT2D eigenvalue weighted by molar-refractivity contribution is 14.1. The van der Waals surface area contributed by atoms with Gasteiger partial charge in [0.2, 0.25) is 0 Å². The van der Waals surface area contributed by atoms with Crippen LogP contribution in [0.15, 0.2) is 24.3 Å². The van der Waals surface area contributed by atoms with E-state index in [2.05, 4.69) is 63.7 Å². The first kappa shape index (κ1) is 13.3. The highest BCUT2D eigenvalue weighted by Gasteiger charge is 2.23. The molecule has 4 heteroatoms. The minimum Gasteiger partial charge on any atom is -0.232 e. The van der Waals surface area contributed by atoms with Crippen molar-refractivity contribution in [3.63, 3.8) is 0 Å². The molecule has 98 valence electrons. The Morgan fingerprint density at radius 2 is 2.11 bits per heavy atom. The van der Waals surface area contributed by atoms with Crippen LogP contribution in [0.2, 0.25) is 5.15 Å². The molecule has 0 unspecified atom stereocenters. The number of nitrogens with zero attached hydrogens (tertiary/aromatic N) is 2. The predicted molar refractivity (Wildman–Crippen MR) is 86.5 cm³/mol. The summed E-state index contributed by atoms with van der Waals surface area (Å²) in [6, 6.07) is 8.54. The second kappa shape index (κ2) is 5.37. The molecule has 0 bridgehead atoms. The minimum atomic E-state index is 0.555. The molecule has 2 aromatic rings. The van der Waals surface area contributed by atoms with Gasteiger partial charge in [-0.05, 0) is 59.4 Å². The Kier molecular flexibility index (Phi) is 3.76. The van der Waals surface area contributed by atoms with Gasteiger partial charge in [-0.1, -0.05) is 36.7 Å². The maximum absolute atomic E-state index is 6.20. The first-order valence-corrected chi connectivity index (χ1v) is 7.97. The summed E-state index contributed by atoms with van der Waals surface area (Å²) in [7, 11) is 0. The quantitative estimate of drug-likeness (QED) is 0.559. The lowest BCUT2D eigenvalue weighted by Gasteiger charge is -2.08. The van der Waals surface area contributed by atoms with Crippen LogP contribution >= 0.6 is 34.2 Å². The molecule has 1 aromatic carbocycles. The minimum absolute atomic E-state index is 0.555. The molecule has 0 saturated heterocycles.